The van der Waals surface area contributed by atoms with Crippen molar-refractivity contribution < 1.29 is 22.9 Å². The van der Waals surface area contributed by atoms with E-state index in [4.69, 9.17) is 11.6 Å². The Morgan fingerprint density at radius 3 is 2.15 bits per heavy atom. The van der Waals surface area contributed by atoms with Gasteiger partial charge in [0.05, 0.1) is 15.5 Å². The molecule has 0 aliphatic heterocycles. The summed E-state index contributed by atoms with van der Waals surface area (Å²) in [5.41, 5.74) is 1.01. The minimum absolute atomic E-state index is 0.0566. The number of non-ortho nitro benzene ring substituents is 1. The van der Waals surface area contributed by atoms with E-state index < -0.39 is 39.3 Å². The SMILES string of the molecule is CCC(C)NC(=O)C(Cc1ccccc1)N(Cc1cccc(Cl)c1)C(=O)CN(c1cccc([N+](=O)[O-])c1)S(=O)(=O)c1ccccc1. The average Bonchev–Trinajstić information content (AvgIpc) is 3.05. The van der Waals surface area contributed by atoms with Gasteiger partial charge in [-0.15, -0.1) is 0 Å². The van der Waals surface area contributed by atoms with Crippen molar-refractivity contribution in [3.8, 4) is 0 Å². The van der Waals surface area contributed by atoms with Crippen LogP contribution in [0.5, 0.6) is 0 Å². The third-order valence-electron chi connectivity index (χ3n) is 7.45. The van der Waals surface area contributed by atoms with Crippen LogP contribution in [-0.4, -0.2) is 48.7 Å². The number of rotatable bonds is 14. The molecule has 4 aromatic rings. The van der Waals surface area contributed by atoms with Crippen LogP contribution in [0.3, 0.4) is 0 Å². The van der Waals surface area contributed by atoms with E-state index in [1.807, 2.05) is 44.2 Å². The largest absolute Gasteiger partial charge is 0.352 e. The fraction of sp³-hybridized carbons (Fsp3) is 0.235. The summed E-state index contributed by atoms with van der Waals surface area (Å²) in [6, 6.07) is 27.4. The zero-order valence-corrected chi connectivity index (χ0v) is 27.0. The predicted octanol–water partition coefficient (Wildman–Crippen LogP) is 6.00. The van der Waals surface area contributed by atoms with E-state index in [1.165, 1.54) is 35.2 Å². The van der Waals surface area contributed by atoms with Crippen LogP contribution in [0.25, 0.3) is 0 Å². The first-order chi connectivity index (χ1) is 22.0. The molecule has 2 unspecified atom stereocenters. The third-order valence-corrected chi connectivity index (χ3v) is 9.48. The highest BCUT2D eigenvalue weighted by Crippen LogP contribution is 2.28. The first-order valence-electron chi connectivity index (χ1n) is 14.7. The lowest BCUT2D eigenvalue weighted by Crippen LogP contribution is -2.54. The van der Waals surface area contributed by atoms with Crippen molar-refractivity contribution in [2.24, 2.45) is 0 Å². The smallest absolute Gasteiger partial charge is 0.271 e. The fourth-order valence-electron chi connectivity index (χ4n) is 4.84. The molecule has 0 aliphatic carbocycles. The van der Waals surface area contributed by atoms with Gasteiger partial charge in [-0.05, 0) is 54.8 Å². The lowest BCUT2D eigenvalue weighted by atomic mass is 10.0. The Labute approximate surface area is 273 Å². The van der Waals surface area contributed by atoms with Gasteiger partial charge in [-0.1, -0.05) is 85.3 Å². The van der Waals surface area contributed by atoms with Crippen LogP contribution in [-0.2, 0) is 32.6 Å². The van der Waals surface area contributed by atoms with Crippen molar-refractivity contribution in [1.82, 2.24) is 10.2 Å². The molecule has 0 spiro atoms. The molecule has 4 rings (SSSR count). The summed E-state index contributed by atoms with van der Waals surface area (Å²) in [5.74, 6) is -1.09. The number of halogens is 1. The molecule has 10 nitrogen and oxygen atoms in total. The molecule has 0 bridgehead atoms. The zero-order valence-electron chi connectivity index (χ0n) is 25.5. The van der Waals surface area contributed by atoms with E-state index in [2.05, 4.69) is 5.32 Å². The summed E-state index contributed by atoms with van der Waals surface area (Å²) in [4.78, 5) is 40.6. The van der Waals surface area contributed by atoms with Gasteiger partial charge in [-0.25, -0.2) is 8.42 Å². The first-order valence-corrected chi connectivity index (χ1v) is 16.5. The van der Waals surface area contributed by atoms with Crippen molar-refractivity contribution in [2.45, 2.75) is 50.2 Å². The Morgan fingerprint density at radius 1 is 0.891 bits per heavy atom. The Bertz CT molecular complexity index is 1770. The molecule has 0 fully saturated rings. The van der Waals surface area contributed by atoms with E-state index in [-0.39, 0.29) is 35.3 Å². The van der Waals surface area contributed by atoms with Gasteiger partial charge >= 0.3 is 0 Å². The molecule has 240 valence electrons. The summed E-state index contributed by atoms with van der Waals surface area (Å²) < 4.78 is 28.9. The molecule has 1 N–H and O–H groups in total. The average molecular weight is 663 g/mol. The van der Waals surface area contributed by atoms with E-state index >= 15 is 0 Å². The number of hydrogen-bond acceptors (Lipinski definition) is 6. The summed E-state index contributed by atoms with van der Waals surface area (Å²) in [6.07, 6.45) is 0.805. The third kappa shape index (κ3) is 8.70. The van der Waals surface area contributed by atoms with Gasteiger partial charge in [0, 0.05) is 36.2 Å². The van der Waals surface area contributed by atoms with Gasteiger partial charge in [0.15, 0.2) is 0 Å². The Balaban J connectivity index is 1.83. The number of sulfonamides is 1. The monoisotopic (exact) mass is 662 g/mol. The summed E-state index contributed by atoms with van der Waals surface area (Å²) in [5, 5.41) is 15.0. The number of hydrogen-bond donors (Lipinski definition) is 1. The molecule has 12 heteroatoms. The lowest BCUT2D eigenvalue weighted by molar-refractivity contribution is -0.384. The standard InChI is InChI=1S/C34H35ClN4O6S/c1-3-25(2)36-34(41)32(21-26-12-6-4-7-13-26)37(23-27-14-10-15-28(35)20-27)33(40)24-38(29-16-11-17-30(22-29)39(42)43)46(44,45)31-18-8-5-9-19-31/h4-20,22,25,32H,3,21,23-24H2,1-2H3,(H,36,41). The van der Waals surface area contributed by atoms with Gasteiger partial charge in [-0.3, -0.25) is 24.0 Å². The topological polar surface area (TPSA) is 130 Å². The highest BCUT2D eigenvalue weighted by atomic mass is 35.5. The second-order valence-electron chi connectivity index (χ2n) is 10.8. The van der Waals surface area contributed by atoms with Crippen LogP contribution >= 0.6 is 11.6 Å². The van der Waals surface area contributed by atoms with Crippen LogP contribution in [0.4, 0.5) is 11.4 Å². The lowest BCUT2D eigenvalue weighted by Gasteiger charge is -2.34. The second-order valence-corrected chi connectivity index (χ2v) is 13.1. The van der Waals surface area contributed by atoms with Gasteiger partial charge in [0.25, 0.3) is 15.7 Å². The summed E-state index contributed by atoms with van der Waals surface area (Å²) in [6.45, 7) is 2.99. The van der Waals surface area contributed by atoms with Crippen LogP contribution < -0.4 is 9.62 Å². The van der Waals surface area contributed by atoms with E-state index in [0.29, 0.717) is 17.0 Å². The van der Waals surface area contributed by atoms with Gasteiger partial charge in [0.2, 0.25) is 11.8 Å². The van der Waals surface area contributed by atoms with Crippen LogP contribution in [0.1, 0.15) is 31.4 Å². The number of carbonyl (C=O) groups is 2. The highest BCUT2D eigenvalue weighted by Gasteiger charge is 2.35. The van der Waals surface area contributed by atoms with Crippen molar-refractivity contribution >= 4 is 44.8 Å². The highest BCUT2D eigenvalue weighted by molar-refractivity contribution is 7.92. The van der Waals surface area contributed by atoms with Gasteiger partial charge < -0.3 is 10.2 Å². The number of anilines is 1. The number of nitro groups is 1. The molecule has 0 saturated carbocycles. The molecular weight excluding hydrogens is 628 g/mol. The van der Waals surface area contributed by atoms with Crippen molar-refractivity contribution in [2.75, 3.05) is 10.8 Å². The molecule has 4 aromatic carbocycles. The number of nitrogens with zero attached hydrogens (tertiary/aromatic N) is 3. The van der Waals surface area contributed by atoms with Crippen LogP contribution in [0.2, 0.25) is 5.02 Å². The Morgan fingerprint density at radius 2 is 1.52 bits per heavy atom. The van der Waals surface area contributed by atoms with E-state index in [9.17, 15) is 28.1 Å². The summed E-state index contributed by atoms with van der Waals surface area (Å²) in [7, 11) is -4.39. The minimum Gasteiger partial charge on any atom is -0.352 e. The maximum atomic E-state index is 14.5. The van der Waals surface area contributed by atoms with E-state index in [1.54, 1.807) is 42.5 Å². The van der Waals surface area contributed by atoms with Crippen molar-refractivity contribution in [3.63, 3.8) is 0 Å². The molecule has 0 aliphatic rings. The molecular formula is C34H35ClN4O6S. The molecule has 0 saturated heterocycles. The molecule has 0 aromatic heterocycles. The second kappa shape index (κ2) is 15.5. The summed E-state index contributed by atoms with van der Waals surface area (Å²) >= 11 is 6.27. The number of benzene rings is 4. The number of nitrogens with one attached hydrogen (secondary N) is 1. The van der Waals surface area contributed by atoms with Crippen molar-refractivity contribution in [3.05, 3.63) is 135 Å². The Hall–Kier alpha value is -4.74. The predicted molar refractivity (Wildman–Crippen MR) is 178 cm³/mol. The maximum absolute atomic E-state index is 14.5. The maximum Gasteiger partial charge on any atom is 0.271 e. The quantitative estimate of drug-likeness (QED) is 0.130. The minimum atomic E-state index is -4.39. The molecule has 2 atom stereocenters. The first kappa shape index (κ1) is 34.1. The molecule has 0 radical (unpaired) electrons. The molecule has 2 amide bonds. The molecule has 0 heterocycles. The number of amides is 2. The van der Waals surface area contributed by atoms with Gasteiger partial charge in [-0.2, -0.15) is 0 Å². The normalized spacial score (nSPS) is 12.5. The van der Waals surface area contributed by atoms with Crippen LogP contribution in [0, 0.1) is 10.1 Å². The van der Waals surface area contributed by atoms with Crippen molar-refractivity contribution in [1.29, 1.82) is 0 Å². The molecule has 46 heavy (non-hydrogen) atoms. The van der Waals surface area contributed by atoms with E-state index in [0.717, 1.165) is 15.9 Å². The van der Waals surface area contributed by atoms with Gasteiger partial charge in [0.1, 0.15) is 12.6 Å². The van der Waals surface area contributed by atoms with Crippen LogP contribution in [0.15, 0.2) is 114 Å². The fourth-order valence-corrected chi connectivity index (χ4v) is 6.48. The zero-order chi connectivity index (χ0) is 33.3. The number of carbonyl (C=O) groups excluding carboxylic acids is 2. The number of nitro benzene ring substituents is 1. The Kier molecular flexibility index (Phi) is 11.5.